The van der Waals surface area contributed by atoms with E-state index in [0.29, 0.717) is 12.5 Å². The van der Waals surface area contributed by atoms with Gasteiger partial charge in [0.25, 0.3) is 5.91 Å². The van der Waals surface area contributed by atoms with Gasteiger partial charge < -0.3 is 14.0 Å². The van der Waals surface area contributed by atoms with Crippen LogP contribution in [-0.4, -0.2) is 53.2 Å². The van der Waals surface area contributed by atoms with Crippen molar-refractivity contribution < 1.29 is 4.79 Å². The number of pyridine rings is 1. The molecule has 3 aromatic heterocycles. The summed E-state index contributed by atoms with van der Waals surface area (Å²) in [7, 11) is 2.02. The van der Waals surface area contributed by atoms with Gasteiger partial charge in [-0.2, -0.15) is 0 Å². The topological polar surface area (TPSA) is 81.7 Å². The second kappa shape index (κ2) is 7.92. The number of amides is 1. The lowest BCUT2D eigenvalue weighted by Crippen LogP contribution is -2.38. The molecular formula is C20H25N7O. The summed E-state index contributed by atoms with van der Waals surface area (Å²) < 4.78 is 4.06. The molecule has 1 aliphatic heterocycles. The highest BCUT2D eigenvalue weighted by atomic mass is 16.2. The highest BCUT2D eigenvalue weighted by molar-refractivity contribution is 5.94. The number of hydrogen-bond acceptors (Lipinski definition) is 5. The molecule has 0 bridgehead atoms. The summed E-state index contributed by atoms with van der Waals surface area (Å²) in [6.45, 7) is 4.17. The number of nitrogens with zero attached hydrogens (tertiary/aromatic N) is 7. The van der Waals surface area contributed by atoms with E-state index < -0.39 is 0 Å². The monoisotopic (exact) mass is 379 g/mol. The Hall–Kier alpha value is -3.03. The van der Waals surface area contributed by atoms with Crippen molar-refractivity contribution in [2.45, 2.75) is 38.6 Å². The number of piperidine rings is 1. The third-order valence-corrected chi connectivity index (χ3v) is 5.45. The molecule has 1 fully saturated rings. The summed E-state index contributed by atoms with van der Waals surface area (Å²) in [6, 6.07) is 3.71. The molecule has 1 aliphatic rings. The molecule has 8 heteroatoms. The Morgan fingerprint density at radius 2 is 2.04 bits per heavy atom. The largest absolute Gasteiger partial charge is 0.339 e. The second-order valence-electron chi connectivity index (χ2n) is 7.22. The van der Waals surface area contributed by atoms with E-state index in [1.165, 1.54) is 0 Å². The molecular weight excluding hydrogens is 354 g/mol. The number of aryl methyl sites for hydroxylation is 1. The van der Waals surface area contributed by atoms with E-state index in [4.69, 9.17) is 0 Å². The zero-order valence-electron chi connectivity index (χ0n) is 16.3. The highest BCUT2D eigenvalue weighted by Crippen LogP contribution is 2.27. The molecule has 0 aliphatic carbocycles. The van der Waals surface area contributed by atoms with Gasteiger partial charge in [-0.15, -0.1) is 10.2 Å². The van der Waals surface area contributed by atoms with Gasteiger partial charge in [-0.05, 0) is 31.4 Å². The number of carbonyl (C=O) groups is 1. The first-order valence-electron chi connectivity index (χ1n) is 9.73. The number of imidazole rings is 1. The van der Waals surface area contributed by atoms with Crippen molar-refractivity contribution >= 4 is 5.91 Å². The zero-order chi connectivity index (χ0) is 19.5. The fraction of sp³-hybridized carbons (Fsp3) is 0.450. The average molecular weight is 379 g/mol. The molecule has 0 atom stereocenters. The van der Waals surface area contributed by atoms with Gasteiger partial charge in [-0.1, -0.05) is 6.92 Å². The van der Waals surface area contributed by atoms with Crippen LogP contribution >= 0.6 is 0 Å². The van der Waals surface area contributed by atoms with Gasteiger partial charge in [0, 0.05) is 55.9 Å². The summed E-state index contributed by atoms with van der Waals surface area (Å²) in [4.78, 5) is 23.1. The molecule has 146 valence electrons. The first-order valence-corrected chi connectivity index (χ1v) is 9.73. The van der Waals surface area contributed by atoms with Crippen molar-refractivity contribution in [2.75, 3.05) is 13.1 Å². The molecule has 4 heterocycles. The normalized spacial score (nSPS) is 15.1. The maximum atomic E-state index is 12.8. The third kappa shape index (κ3) is 3.67. The fourth-order valence-corrected chi connectivity index (χ4v) is 3.74. The van der Waals surface area contributed by atoms with Crippen LogP contribution in [0.15, 0.2) is 37.1 Å². The number of aromatic nitrogens is 6. The predicted octanol–water partition coefficient (Wildman–Crippen LogP) is 2.04. The summed E-state index contributed by atoms with van der Waals surface area (Å²) in [5.41, 5.74) is 1.68. The maximum absolute atomic E-state index is 12.8. The molecule has 1 amide bonds. The van der Waals surface area contributed by atoms with Crippen molar-refractivity contribution in [2.24, 2.45) is 7.05 Å². The summed E-state index contributed by atoms with van der Waals surface area (Å²) in [5.74, 6) is 2.32. The van der Waals surface area contributed by atoms with Crippen LogP contribution in [0.3, 0.4) is 0 Å². The van der Waals surface area contributed by atoms with Crippen molar-refractivity contribution in [3.05, 3.63) is 60.0 Å². The Bertz CT molecular complexity index is 939. The Morgan fingerprint density at radius 1 is 1.21 bits per heavy atom. The quantitative estimate of drug-likeness (QED) is 0.678. The average Bonchev–Trinajstić information content (AvgIpc) is 3.38. The van der Waals surface area contributed by atoms with Crippen LogP contribution in [-0.2, 0) is 20.0 Å². The maximum Gasteiger partial charge on any atom is 0.253 e. The van der Waals surface area contributed by atoms with Gasteiger partial charge >= 0.3 is 0 Å². The molecule has 0 aromatic carbocycles. The van der Waals surface area contributed by atoms with Crippen LogP contribution in [0.1, 0.15) is 53.4 Å². The van der Waals surface area contributed by atoms with E-state index in [1.807, 2.05) is 35.7 Å². The van der Waals surface area contributed by atoms with Crippen molar-refractivity contribution in [3.8, 4) is 0 Å². The molecule has 0 unspecified atom stereocenters. The first kappa shape index (κ1) is 18.3. The highest BCUT2D eigenvalue weighted by Gasteiger charge is 2.28. The molecule has 0 radical (unpaired) electrons. The molecule has 8 nitrogen and oxygen atoms in total. The zero-order valence-corrected chi connectivity index (χ0v) is 16.3. The number of likely N-dealkylation sites (tertiary alicyclic amines) is 1. The Morgan fingerprint density at radius 3 is 2.75 bits per heavy atom. The van der Waals surface area contributed by atoms with Gasteiger partial charge in [0.2, 0.25) is 0 Å². The lowest BCUT2D eigenvalue weighted by atomic mass is 9.95. The molecule has 0 spiro atoms. The van der Waals surface area contributed by atoms with Crippen molar-refractivity contribution in [1.29, 1.82) is 0 Å². The van der Waals surface area contributed by atoms with Gasteiger partial charge in [0.05, 0.1) is 12.9 Å². The standard InChI is InChI=1S/C20H25N7O/c1-3-17-12-16(4-7-22-17)20(28)27-9-5-15(6-10-27)19-24-23-18(25(19)2)13-26-11-8-21-14-26/h4,7-8,11-12,14-15H,3,5-6,9-10,13H2,1-2H3. The number of hydrogen-bond donors (Lipinski definition) is 0. The van der Waals surface area contributed by atoms with Crippen LogP contribution in [0.25, 0.3) is 0 Å². The van der Waals surface area contributed by atoms with Crippen LogP contribution in [0.4, 0.5) is 0 Å². The fourth-order valence-electron chi connectivity index (χ4n) is 3.74. The Kier molecular flexibility index (Phi) is 5.18. The summed E-state index contributed by atoms with van der Waals surface area (Å²) in [5, 5.41) is 8.80. The molecule has 3 aromatic rings. The lowest BCUT2D eigenvalue weighted by molar-refractivity contribution is 0.0710. The third-order valence-electron chi connectivity index (χ3n) is 5.45. The van der Waals surface area contributed by atoms with Gasteiger partial charge in [-0.3, -0.25) is 9.78 Å². The number of rotatable bonds is 5. The van der Waals surface area contributed by atoms with Gasteiger partial charge in [-0.25, -0.2) is 4.98 Å². The van der Waals surface area contributed by atoms with E-state index in [0.717, 1.165) is 55.3 Å². The minimum absolute atomic E-state index is 0.0920. The van der Waals surface area contributed by atoms with E-state index in [2.05, 4.69) is 24.7 Å². The van der Waals surface area contributed by atoms with Crippen LogP contribution in [0.2, 0.25) is 0 Å². The van der Waals surface area contributed by atoms with E-state index in [9.17, 15) is 4.79 Å². The van der Waals surface area contributed by atoms with Crippen molar-refractivity contribution in [1.82, 2.24) is 34.2 Å². The van der Waals surface area contributed by atoms with Crippen LogP contribution in [0.5, 0.6) is 0 Å². The van der Waals surface area contributed by atoms with Gasteiger partial charge in [0.15, 0.2) is 5.82 Å². The first-order chi connectivity index (χ1) is 13.7. The minimum Gasteiger partial charge on any atom is -0.339 e. The molecule has 4 rings (SSSR count). The number of carbonyl (C=O) groups excluding carboxylic acids is 1. The summed E-state index contributed by atoms with van der Waals surface area (Å²) >= 11 is 0. The molecule has 1 saturated heterocycles. The Labute approximate surface area is 164 Å². The minimum atomic E-state index is 0.0920. The lowest BCUT2D eigenvalue weighted by Gasteiger charge is -2.31. The van der Waals surface area contributed by atoms with E-state index >= 15 is 0 Å². The van der Waals surface area contributed by atoms with Gasteiger partial charge in [0.1, 0.15) is 5.82 Å². The Balaban J connectivity index is 1.40. The molecule has 28 heavy (non-hydrogen) atoms. The SMILES string of the molecule is CCc1cc(C(=O)N2CCC(c3nnc(Cn4ccnc4)n3C)CC2)ccn1. The van der Waals surface area contributed by atoms with Crippen molar-refractivity contribution in [3.63, 3.8) is 0 Å². The molecule has 0 N–H and O–H groups in total. The molecule has 0 saturated carbocycles. The van der Waals surface area contributed by atoms with Crippen LogP contribution in [0, 0.1) is 0 Å². The second-order valence-corrected chi connectivity index (χ2v) is 7.22. The van der Waals surface area contributed by atoms with Crippen LogP contribution < -0.4 is 0 Å². The summed E-state index contributed by atoms with van der Waals surface area (Å²) in [6.07, 6.45) is 9.80. The smallest absolute Gasteiger partial charge is 0.253 e. The predicted molar refractivity (Wildman–Crippen MR) is 104 cm³/mol. The van der Waals surface area contributed by atoms with E-state index in [-0.39, 0.29) is 5.91 Å². The van der Waals surface area contributed by atoms with E-state index in [1.54, 1.807) is 24.8 Å².